The number of aryl methyl sites for hydroxylation is 1. The average molecular weight is 666 g/mol. The number of nitrogens with zero attached hydrogens (tertiary/aromatic N) is 4. The first kappa shape index (κ1) is 36.5. The molecule has 0 aromatic heterocycles. The van der Waals surface area contributed by atoms with E-state index in [4.69, 9.17) is 4.74 Å². The predicted octanol–water partition coefficient (Wildman–Crippen LogP) is 3.82. The van der Waals surface area contributed by atoms with Crippen LogP contribution in [-0.2, 0) is 19.1 Å². The summed E-state index contributed by atoms with van der Waals surface area (Å²) < 4.78 is 20.2. The fourth-order valence-corrected chi connectivity index (χ4v) is 6.23. The van der Waals surface area contributed by atoms with Crippen molar-refractivity contribution in [2.45, 2.75) is 65.0 Å². The van der Waals surface area contributed by atoms with E-state index in [2.05, 4.69) is 26.1 Å². The van der Waals surface area contributed by atoms with Crippen LogP contribution in [0.3, 0.4) is 0 Å². The topological polar surface area (TPSA) is 120 Å². The van der Waals surface area contributed by atoms with Crippen LogP contribution in [0, 0.1) is 18.7 Å². The summed E-state index contributed by atoms with van der Waals surface area (Å²) in [5.41, 5.74) is 3.09. The quantitative estimate of drug-likeness (QED) is 0.255. The highest BCUT2D eigenvalue weighted by Crippen LogP contribution is 2.28. The number of halogens is 1. The van der Waals surface area contributed by atoms with E-state index in [0.717, 1.165) is 81.8 Å². The minimum absolute atomic E-state index is 0.244. The Kier molecular flexibility index (Phi) is 12.3. The van der Waals surface area contributed by atoms with Gasteiger partial charge in [0.05, 0.1) is 11.3 Å². The predicted molar refractivity (Wildman–Crippen MR) is 182 cm³/mol. The van der Waals surface area contributed by atoms with Gasteiger partial charge in [-0.2, -0.15) is 0 Å². The van der Waals surface area contributed by atoms with Crippen molar-refractivity contribution in [3.05, 3.63) is 58.9 Å². The summed E-state index contributed by atoms with van der Waals surface area (Å²) in [6.45, 7) is 14.0. The van der Waals surface area contributed by atoms with Crippen molar-refractivity contribution < 1.29 is 33.1 Å². The number of amides is 3. The lowest BCUT2D eigenvalue weighted by atomic mass is 9.95. The van der Waals surface area contributed by atoms with Crippen molar-refractivity contribution in [3.63, 3.8) is 0 Å². The fraction of sp³-hybridized carbons (Fsp3) is 0.528. The van der Waals surface area contributed by atoms with E-state index in [1.165, 1.54) is 18.0 Å². The SMILES string of the molecule is CN(C=O)C1CCC(=O)NC1=O.Cc1ccc(N2CCN(CC3CCN(c4ccc(C(=O)OC(C)(C)C)cc4F)CC3)CC2)cc1C=O. The zero-order valence-electron chi connectivity index (χ0n) is 28.7. The van der Waals surface area contributed by atoms with Crippen molar-refractivity contribution in [3.8, 4) is 0 Å². The number of hydrogen-bond acceptors (Lipinski definition) is 9. The van der Waals surface area contributed by atoms with Gasteiger partial charge >= 0.3 is 5.97 Å². The third kappa shape index (κ3) is 9.85. The molecule has 1 atom stereocenters. The molecule has 3 fully saturated rings. The number of likely N-dealkylation sites (N-methyl/N-ethyl adjacent to an activating group) is 1. The number of carbonyl (C=O) groups excluding carboxylic acids is 5. The van der Waals surface area contributed by atoms with E-state index >= 15 is 0 Å². The Bertz CT molecular complexity index is 1480. The molecule has 0 spiro atoms. The van der Waals surface area contributed by atoms with Gasteiger partial charge in [-0.25, -0.2) is 9.18 Å². The first-order valence-corrected chi connectivity index (χ1v) is 16.6. The molecule has 3 saturated heterocycles. The van der Waals surface area contributed by atoms with Gasteiger partial charge in [0.2, 0.25) is 18.2 Å². The van der Waals surface area contributed by atoms with Gasteiger partial charge in [0.1, 0.15) is 23.7 Å². The number of aldehydes is 1. The Morgan fingerprint density at radius 2 is 1.67 bits per heavy atom. The smallest absolute Gasteiger partial charge is 0.338 e. The Morgan fingerprint density at radius 3 is 2.25 bits per heavy atom. The van der Waals surface area contributed by atoms with Crippen molar-refractivity contribution in [1.82, 2.24) is 15.1 Å². The van der Waals surface area contributed by atoms with Crippen molar-refractivity contribution in [2.24, 2.45) is 5.92 Å². The Hall–Kier alpha value is -4.32. The molecule has 260 valence electrons. The van der Waals surface area contributed by atoms with E-state index in [1.54, 1.807) is 32.9 Å². The van der Waals surface area contributed by atoms with Crippen LogP contribution in [0.5, 0.6) is 0 Å². The maximum atomic E-state index is 14.9. The molecule has 3 amide bonds. The minimum Gasteiger partial charge on any atom is -0.456 e. The third-order valence-corrected chi connectivity index (χ3v) is 9.05. The first-order valence-electron chi connectivity index (χ1n) is 16.6. The van der Waals surface area contributed by atoms with Crippen molar-refractivity contribution in [2.75, 3.05) is 62.7 Å². The molecule has 0 saturated carbocycles. The summed E-state index contributed by atoms with van der Waals surface area (Å²) in [5.74, 6) is -0.936. The molecule has 1 unspecified atom stereocenters. The number of nitrogens with one attached hydrogen (secondary N) is 1. The van der Waals surface area contributed by atoms with Crippen molar-refractivity contribution in [1.29, 1.82) is 0 Å². The van der Waals surface area contributed by atoms with Crippen LogP contribution in [-0.4, -0.2) is 105 Å². The summed E-state index contributed by atoms with van der Waals surface area (Å²) in [6, 6.07) is 10.3. The highest BCUT2D eigenvalue weighted by molar-refractivity contribution is 6.00. The Labute approximate surface area is 282 Å². The minimum atomic E-state index is -0.610. The summed E-state index contributed by atoms with van der Waals surface area (Å²) >= 11 is 0. The maximum Gasteiger partial charge on any atom is 0.338 e. The highest BCUT2D eigenvalue weighted by atomic mass is 19.1. The highest BCUT2D eigenvalue weighted by Gasteiger charge is 2.29. The fourth-order valence-electron chi connectivity index (χ4n) is 6.23. The zero-order valence-corrected chi connectivity index (χ0v) is 28.7. The van der Waals surface area contributed by atoms with E-state index in [0.29, 0.717) is 30.9 Å². The maximum absolute atomic E-state index is 14.9. The van der Waals surface area contributed by atoms with Gasteiger partial charge in [-0.3, -0.25) is 29.4 Å². The van der Waals surface area contributed by atoms with Crippen LogP contribution < -0.4 is 15.1 Å². The van der Waals surface area contributed by atoms with Gasteiger partial charge < -0.3 is 19.4 Å². The van der Waals surface area contributed by atoms with Gasteiger partial charge in [0.15, 0.2) is 0 Å². The monoisotopic (exact) mass is 665 g/mol. The molecule has 5 rings (SSSR count). The van der Waals surface area contributed by atoms with Crippen LogP contribution in [0.1, 0.15) is 72.7 Å². The zero-order chi connectivity index (χ0) is 35.0. The number of imide groups is 1. The molecule has 3 heterocycles. The number of piperazine rings is 1. The summed E-state index contributed by atoms with van der Waals surface area (Å²) in [7, 11) is 1.52. The summed E-state index contributed by atoms with van der Waals surface area (Å²) in [4.78, 5) is 63.8. The second-order valence-electron chi connectivity index (χ2n) is 13.8. The number of piperidine rings is 2. The van der Waals surface area contributed by atoms with Crippen LogP contribution in [0.2, 0.25) is 0 Å². The molecule has 0 aliphatic carbocycles. The van der Waals surface area contributed by atoms with E-state index in [1.807, 2.05) is 19.1 Å². The van der Waals surface area contributed by atoms with Crippen LogP contribution in [0.15, 0.2) is 36.4 Å². The number of carbonyl (C=O) groups is 5. The number of esters is 1. The van der Waals surface area contributed by atoms with Gasteiger partial charge in [-0.1, -0.05) is 6.07 Å². The van der Waals surface area contributed by atoms with Gasteiger partial charge in [0.25, 0.3) is 0 Å². The second kappa shape index (κ2) is 16.2. The number of hydrogen-bond donors (Lipinski definition) is 1. The molecule has 12 heteroatoms. The molecular formula is C36H48FN5O6. The molecule has 3 aliphatic heterocycles. The number of benzene rings is 2. The largest absolute Gasteiger partial charge is 0.456 e. The van der Waals surface area contributed by atoms with Crippen molar-refractivity contribution >= 4 is 41.9 Å². The number of rotatable bonds is 8. The standard InChI is InChI=1S/C29H38FN3O3.C7H10N2O3/c1-21-5-7-25(17-24(21)20-34)32-15-13-31(14-16-32)19-22-9-11-33(12-10-22)27-8-6-23(18-26(27)30)28(35)36-29(2,3)4;1-9(4-10)5-2-3-6(11)8-7(5)12/h5-8,17-18,20,22H,9-16,19H2,1-4H3;4-5H,2-3H2,1H3,(H,8,11,12). The molecule has 48 heavy (non-hydrogen) atoms. The second-order valence-corrected chi connectivity index (χ2v) is 13.8. The summed E-state index contributed by atoms with van der Waals surface area (Å²) in [5, 5.41) is 2.17. The molecule has 3 aliphatic rings. The van der Waals surface area contributed by atoms with E-state index in [9.17, 15) is 28.4 Å². The lowest BCUT2D eigenvalue weighted by Crippen LogP contribution is -2.50. The summed E-state index contributed by atoms with van der Waals surface area (Å²) in [6.07, 6.45) is 4.28. The lowest BCUT2D eigenvalue weighted by molar-refractivity contribution is -0.140. The van der Waals surface area contributed by atoms with Crippen LogP contribution in [0.25, 0.3) is 0 Å². The molecule has 1 N–H and O–H groups in total. The molecule has 11 nitrogen and oxygen atoms in total. The molecule has 2 aromatic rings. The van der Waals surface area contributed by atoms with Gasteiger partial charge in [-0.05, 0) is 88.8 Å². The van der Waals surface area contributed by atoms with Crippen LogP contribution in [0.4, 0.5) is 15.8 Å². The normalized spacial score (nSPS) is 19.2. The van der Waals surface area contributed by atoms with Gasteiger partial charge in [0, 0.05) is 70.5 Å². The van der Waals surface area contributed by atoms with Crippen LogP contribution >= 0.6 is 0 Å². The van der Waals surface area contributed by atoms with E-state index < -0.39 is 17.6 Å². The molecular weight excluding hydrogens is 617 g/mol. The lowest BCUT2D eigenvalue weighted by Gasteiger charge is -2.40. The van der Waals surface area contributed by atoms with E-state index in [-0.39, 0.29) is 23.2 Å². The van der Waals surface area contributed by atoms with Gasteiger partial charge in [-0.15, -0.1) is 0 Å². The Balaban J connectivity index is 0.000000365. The molecule has 0 bridgehead atoms. The average Bonchev–Trinajstić information content (AvgIpc) is 3.05. The first-order chi connectivity index (χ1) is 22.8. The number of anilines is 2. The molecule has 2 aromatic carbocycles. The third-order valence-electron chi connectivity index (χ3n) is 9.05. The Morgan fingerprint density at radius 1 is 0.979 bits per heavy atom. The molecule has 0 radical (unpaired) electrons. The number of ether oxygens (including phenoxy) is 1.